The van der Waals surface area contributed by atoms with Gasteiger partial charge in [0, 0.05) is 34.7 Å². The van der Waals surface area contributed by atoms with Crippen LogP contribution >= 0.6 is 11.8 Å². The molecule has 2 atom stereocenters. The minimum Gasteiger partial charge on any atom is -0.477 e. The van der Waals surface area contributed by atoms with Gasteiger partial charge in [-0.3, -0.25) is 14.5 Å². The molecule has 11 nitrogen and oxygen atoms in total. The van der Waals surface area contributed by atoms with Crippen LogP contribution in [0.5, 0.6) is 0 Å². The third-order valence-electron chi connectivity index (χ3n) is 8.77. The number of amides is 2. The number of hydrogen-bond donors (Lipinski definition) is 3. The van der Waals surface area contributed by atoms with E-state index in [4.69, 9.17) is 4.74 Å². The van der Waals surface area contributed by atoms with Crippen LogP contribution in [-0.2, 0) is 25.5 Å². The molecule has 0 bridgehead atoms. The lowest BCUT2D eigenvalue weighted by molar-refractivity contribution is -0.150. The monoisotopic (exact) mass is 675 g/mol. The molecule has 3 aromatic carbocycles. The van der Waals surface area contributed by atoms with Gasteiger partial charge in [0.15, 0.2) is 0 Å². The molecule has 5 aromatic rings. The lowest BCUT2D eigenvalue weighted by atomic mass is 9.96. The van der Waals surface area contributed by atoms with Crippen LogP contribution in [0.3, 0.4) is 0 Å². The minimum atomic E-state index is -1.30. The number of nitrogens with one attached hydrogen (secondary N) is 2. The quantitative estimate of drug-likeness (QED) is 0.134. The number of aromatic nitrogens is 3. The highest BCUT2D eigenvalue weighted by Gasteiger charge is 2.54. The van der Waals surface area contributed by atoms with Crippen molar-refractivity contribution in [3.8, 4) is 16.8 Å². The van der Waals surface area contributed by atoms with Gasteiger partial charge in [-0.25, -0.2) is 14.3 Å². The normalized spacial score (nSPS) is 17.2. The maximum Gasteiger partial charge on any atom is 0.355 e. The van der Waals surface area contributed by atoms with E-state index < -0.39 is 29.3 Å². The number of carboxylic acids is 1. The standard InChI is InChI=1S/C37H33N5O6S/c1-21(2)26-10-6-11-27-29(23-12-14-25(15-13-23)41-17-7-16-38-41)31(40-30(26)27)37(47)48-19-24-20-49-35-32(34(44)42(35)33(24)36(45)46)39-28(43)18-22-8-4-3-5-9-22/h3-17,21,32,35,40H,18-20H2,1-2H3,(H,39,43)(H,45,46)/t32-,35-/m1/s1. The first-order valence-corrected chi connectivity index (χ1v) is 16.9. The van der Waals surface area contributed by atoms with E-state index in [9.17, 15) is 24.3 Å². The topological polar surface area (TPSA) is 147 Å². The Hall–Kier alpha value is -5.62. The number of aliphatic carboxylic acids is 1. The highest BCUT2D eigenvalue weighted by atomic mass is 32.2. The number of rotatable bonds is 10. The number of fused-ring (bicyclic) bond motifs is 2. The van der Waals surface area contributed by atoms with Gasteiger partial charge in [0.25, 0.3) is 5.91 Å². The van der Waals surface area contributed by atoms with Crippen molar-refractivity contribution in [3.63, 3.8) is 0 Å². The summed E-state index contributed by atoms with van der Waals surface area (Å²) in [4.78, 5) is 56.6. The van der Waals surface area contributed by atoms with E-state index in [0.717, 1.165) is 33.3 Å². The summed E-state index contributed by atoms with van der Waals surface area (Å²) in [6.45, 7) is 3.84. The summed E-state index contributed by atoms with van der Waals surface area (Å²) in [5, 5.41) is 17.5. The molecule has 0 radical (unpaired) electrons. The van der Waals surface area contributed by atoms with Crippen LogP contribution in [0.25, 0.3) is 27.7 Å². The summed E-state index contributed by atoms with van der Waals surface area (Å²) >= 11 is 1.32. The Labute approximate surface area is 285 Å². The second-order valence-corrected chi connectivity index (χ2v) is 13.4. The summed E-state index contributed by atoms with van der Waals surface area (Å²) in [5.74, 6) is -2.40. The van der Waals surface area contributed by atoms with Crippen molar-refractivity contribution >= 4 is 46.4 Å². The maximum absolute atomic E-state index is 13.8. The summed E-state index contributed by atoms with van der Waals surface area (Å²) in [6.07, 6.45) is 3.65. The molecule has 4 heterocycles. The number of carbonyl (C=O) groups excluding carboxylic acids is 3. The number of β-lactam (4-membered cyclic amide) rings is 1. The third-order valence-corrected chi connectivity index (χ3v) is 10.1. The molecular formula is C37H33N5O6S. The van der Waals surface area contributed by atoms with Gasteiger partial charge < -0.3 is 20.1 Å². The molecule has 0 unspecified atom stereocenters. The fraction of sp³-hybridized carbons (Fsp3) is 0.216. The van der Waals surface area contributed by atoms with E-state index >= 15 is 0 Å². The lowest BCUT2D eigenvalue weighted by Gasteiger charge is -2.49. The SMILES string of the molecule is CC(C)c1cccc2c(-c3ccc(-n4cccn4)cc3)c(C(=O)OCC3=C(C(=O)O)N4C(=O)[C@@H](NC(=O)Cc5ccccc5)[C@H]4SC3)[nH]c12. The smallest absolute Gasteiger partial charge is 0.355 e. The summed E-state index contributed by atoms with van der Waals surface area (Å²) in [6, 6.07) is 23.8. The molecule has 0 spiro atoms. The number of carbonyl (C=O) groups is 4. The predicted molar refractivity (Wildman–Crippen MR) is 185 cm³/mol. The summed E-state index contributed by atoms with van der Waals surface area (Å²) in [5.41, 5.74) is 5.32. The highest BCUT2D eigenvalue weighted by molar-refractivity contribution is 8.00. The predicted octanol–water partition coefficient (Wildman–Crippen LogP) is 5.28. The van der Waals surface area contributed by atoms with Crippen LogP contribution in [0.15, 0.2) is 103 Å². The molecule has 2 aliphatic rings. The fourth-order valence-corrected chi connectivity index (χ4v) is 7.73. The molecule has 1 saturated heterocycles. The summed E-state index contributed by atoms with van der Waals surface area (Å²) < 4.78 is 7.54. The zero-order valence-corrected chi connectivity index (χ0v) is 27.6. The van der Waals surface area contributed by atoms with Crippen molar-refractivity contribution in [1.29, 1.82) is 0 Å². The van der Waals surface area contributed by atoms with Gasteiger partial charge in [0.05, 0.1) is 17.6 Å². The largest absolute Gasteiger partial charge is 0.477 e. The van der Waals surface area contributed by atoms with Crippen molar-refractivity contribution in [2.24, 2.45) is 0 Å². The Morgan fingerprint density at radius 2 is 1.82 bits per heavy atom. The Balaban J connectivity index is 1.13. The van der Waals surface area contributed by atoms with E-state index in [1.165, 1.54) is 16.7 Å². The van der Waals surface area contributed by atoms with Crippen LogP contribution in [-0.4, -0.2) is 72.3 Å². The molecule has 2 aromatic heterocycles. The number of benzene rings is 3. The molecule has 12 heteroatoms. The molecule has 49 heavy (non-hydrogen) atoms. The molecule has 2 aliphatic heterocycles. The molecule has 3 N–H and O–H groups in total. The zero-order chi connectivity index (χ0) is 34.2. The van der Waals surface area contributed by atoms with Gasteiger partial charge in [-0.15, -0.1) is 11.8 Å². The molecule has 1 fully saturated rings. The van der Waals surface area contributed by atoms with E-state index in [1.807, 2.05) is 85.1 Å². The number of esters is 1. The Morgan fingerprint density at radius 1 is 1.04 bits per heavy atom. The molecule has 248 valence electrons. The van der Waals surface area contributed by atoms with Gasteiger partial charge in [-0.1, -0.05) is 74.5 Å². The number of carboxylic acid groups (broad SMARTS) is 1. The van der Waals surface area contributed by atoms with Gasteiger partial charge in [0.1, 0.15) is 29.4 Å². The third kappa shape index (κ3) is 5.99. The zero-order valence-electron chi connectivity index (χ0n) is 26.8. The number of hydrogen-bond acceptors (Lipinski definition) is 7. The van der Waals surface area contributed by atoms with Crippen molar-refractivity contribution < 1.29 is 29.0 Å². The number of para-hydroxylation sites is 1. The van der Waals surface area contributed by atoms with Crippen LogP contribution in [0.1, 0.15) is 41.4 Å². The Morgan fingerprint density at radius 3 is 2.51 bits per heavy atom. The number of thioether (sulfide) groups is 1. The molecule has 7 rings (SSSR count). The average molecular weight is 676 g/mol. The number of ether oxygens (including phenoxy) is 1. The molecule has 0 aliphatic carbocycles. The number of aromatic amines is 1. The molecular weight excluding hydrogens is 643 g/mol. The minimum absolute atomic E-state index is 0.105. The van der Waals surface area contributed by atoms with Crippen LogP contribution < -0.4 is 5.32 Å². The van der Waals surface area contributed by atoms with Crippen molar-refractivity contribution in [1.82, 2.24) is 25.0 Å². The van der Waals surface area contributed by atoms with Gasteiger partial charge >= 0.3 is 11.9 Å². The number of nitrogens with zero attached hydrogens (tertiary/aromatic N) is 3. The van der Waals surface area contributed by atoms with E-state index in [0.29, 0.717) is 11.1 Å². The highest BCUT2D eigenvalue weighted by Crippen LogP contribution is 2.41. The molecule has 0 saturated carbocycles. The first-order valence-electron chi connectivity index (χ1n) is 15.9. The van der Waals surface area contributed by atoms with Gasteiger partial charge in [0.2, 0.25) is 5.91 Å². The van der Waals surface area contributed by atoms with E-state index in [-0.39, 0.29) is 42.0 Å². The Kier molecular flexibility index (Phi) is 8.55. The van der Waals surface area contributed by atoms with Gasteiger partial charge in [-0.05, 0) is 40.8 Å². The van der Waals surface area contributed by atoms with Crippen molar-refractivity contribution in [2.45, 2.75) is 37.6 Å². The summed E-state index contributed by atoms with van der Waals surface area (Å²) in [7, 11) is 0. The second-order valence-electron chi connectivity index (χ2n) is 12.2. The molecule has 2 amide bonds. The van der Waals surface area contributed by atoms with E-state index in [1.54, 1.807) is 10.9 Å². The first-order chi connectivity index (χ1) is 23.7. The van der Waals surface area contributed by atoms with Gasteiger partial charge in [-0.2, -0.15) is 5.10 Å². The maximum atomic E-state index is 13.8. The van der Waals surface area contributed by atoms with Crippen molar-refractivity contribution in [3.05, 3.63) is 119 Å². The fourth-order valence-electron chi connectivity index (χ4n) is 6.40. The lowest BCUT2D eigenvalue weighted by Crippen LogP contribution is -2.70. The van der Waals surface area contributed by atoms with Crippen LogP contribution in [0.4, 0.5) is 0 Å². The van der Waals surface area contributed by atoms with Crippen LogP contribution in [0.2, 0.25) is 0 Å². The average Bonchev–Trinajstić information content (AvgIpc) is 3.78. The number of H-pyrrole nitrogens is 1. The second kappa shape index (κ2) is 13.1. The van der Waals surface area contributed by atoms with Crippen LogP contribution in [0, 0.1) is 0 Å². The van der Waals surface area contributed by atoms with Crippen molar-refractivity contribution in [2.75, 3.05) is 12.4 Å². The van der Waals surface area contributed by atoms with E-state index in [2.05, 4.69) is 29.2 Å². The first kappa shape index (κ1) is 32.0. The Bertz CT molecular complexity index is 2100.